The Balaban J connectivity index is 2.07. The number of rotatable bonds is 7. The molecule has 1 aromatic carbocycles. The van der Waals surface area contributed by atoms with Crippen LogP contribution in [0.3, 0.4) is 0 Å². The van der Waals surface area contributed by atoms with Crippen molar-refractivity contribution in [2.45, 2.75) is 6.42 Å². The molecular formula is C17H19FN6O2S. The van der Waals surface area contributed by atoms with Crippen LogP contribution in [0.4, 0.5) is 21.7 Å². The fourth-order valence-electron chi connectivity index (χ4n) is 2.50. The molecule has 0 saturated heterocycles. The molecule has 2 heterocycles. The minimum atomic E-state index is -3.89. The van der Waals surface area contributed by atoms with Crippen molar-refractivity contribution in [2.24, 2.45) is 7.05 Å². The summed E-state index contributed by atoms with van der Waals surface area (Å²) in [6.07, 6.45) is 4.29. The zero-order chi connectivity index (χ0) is 19.4. The number of hydrogen-bond acceptors (Lipinski definition) is 6. The number of nitrogen functional groups attached to an aromatic ring is 1. The van der Waals surface area contributed by atoms with Gasteiger partial charge in [0.05, 0.1) is 30.0 Å². The number of nitrogens with two attached hydrogens (primary N) is 1. The van der Waals surface area contributed by atoms with Crippen LogP contribution >= 0.6 is 0 Å². The van der Waals surface area contributed by atoms with E-state index in [0.29, 0.717) is 11.4 Å². The largest absolute Gasteiger partial charge is 0.399 e. The molecule has 0 fully saturated rings. The van der Waals surface area contributed by atoms with E-state index in [9.17, 15) is 12.8 Å². The molecule has 0 atom stereocenters. The molecule has 0 spiro atoms. The maximum Gasteiger partial charge on any atom is 0.244 e. The van der Waals surface area contributed by atoms with Crippen LogP contribution in [0.5, 0.6) is 0 Å². The van der Waals surface area contributed by atoms with E-state index in [2.05, 4.69) is 15.1 Å². The van der Waals surface area contributed by atoms with E-state index >= 15 is 0 Å². The predicted octanol–water partition coefficient (Wildman–Crippen LogP) is 2.29. The van der Waals surface area contributed by atoms with Gasteiger partial charge >= 0.3 is 0 Å². The molecule has 0 unspecified atom stereocenters. The zero-order valence-corrected chi connectivity index (χ0v) is 15.5. The molecule has 27 heavy (non-hydrogen) atoms. The molecule has 0 aliphatic rings. The normalized spacial score (nSPS) is 11.5. The summed E-state index contributed by atoms with van der Waals surface area (Å²) in [7, 11) is -2.22. The molecular weight excluding hydrogens is 371 g/mol. The van der Waals surface area contributed by atoms with Crippen LogP contribution < -0.4 is 10.0 Å². The van der Waals surface area contributed by atoms with E-state index < -0.39 is 16.7 Å². The van der Waals surface area contributed by atoms with Crippen molar-refractivity contribution >= 4 is 27.3 Å². The van der Waals surface area contributed by atoms with E-state index in [4.69, 9.17) is 5.73 Å². The molecule has 3 aromatic rings. The van der Waals surface area contributed by atoms with Crippen molar-refractivity contribution in [3.05, 3.63) is 48.9 Å². The van der Waals surface area contributed by atoms with Crippen LogP contribution in [0.15, 0.2) is 48.9 Å². The summed E-state index contributed by atoms with van der Waals surface area (Å²) in [5, 5.41) is 4.01. The molecule has 0 aliphatic heterocycles. The summed E-state index contributed by atoms with van der Waals surface area (Å²) < 4.78 is 40.7. The van der Waals surface area contributed by atoms with Crippen LogP contribution in [0.1, 0.15) is 6.42 Å². The highest BCUT2D eigenvalue weighted by molar-refractivity contribution is 7.93. The molecule has 0 bridgehead atoms. The summed E-state index contributed by atoms with van der Waals surface area (Å²) >= 11 is 0. The lowest BCUT2D eigenvalue weighted by Gasteiger charge is -2.21. The second-order valence-electron chi connectivity index (χ2n) is 5.86. The Labute approximate surface area is 156 Å². The predicted molar refractivity (Wildman–Crippen MR) is 102 cm³/mol. The number of benzene rings is 1. The Morgan fingerprint density at radius 1 is 1.22 bits per heavy atom. The number of aryl methyl sites for hydroxylation is 1. The van der Waals surface area contributed by atoms with Crippen molar-refractivity contribution in [3.8, 4) is 11.3 Å². The number of aromatic nitrogens is 4. The highest BCUT2D eigenvalue weighted by Gasteiger charge is 2.28. The molecule has 8 nitrogen and oxygen atoms in total. The number of sulfonamides is 1. The maximum atomic E-state index is 12.8. The van der Waals surface area contributed by atoms with E-state index in [-0.39, 0.29) is 23.8 Å². The first-order valence-electron chi connectivity index (χ1n) is 8.17. The quantitative estimate of drug-likeness (QED) is 0.620. The van der Waals surface area contributed by atoms with E-state index in [0.717, 1.165) is 9.87 Å². The van der Waals surface area contributed by atoms with Crippen molar-refractivity contribution in [1.82, 2.24) is 19.7 Å². The first kappa shape index (κ1) is 18.8. The third-order valence-corrected chi connectivity index (χ3v) is 5.51. The topological polar surface area (TPSA) is 107 Å². The van der Waals surface area contributed by atoms with Gasteiger partial charge in [0.25, 0.3) is 0 Å². The van der Waals surface area contributed by atoms with Crippen molar-refractivity contribution in [3.63, 3.8) is 0 Å². The molecule has 0 radical (unpaired) electrons. The van der Waals surface area contributed by atoms with Gasteiger partial charge in [-0.05, 0) is 24.6 Å². The number of anilines is 3. The van der Waals surface area contributed by atoms with Gasteiger partial charge in [-0.2, -0.15) is 5.10 Å². The van der Waals surface area contributed by atoms with Gasteiger partial charge in [0.1, 0.15) is 0 Å². The third-order valence-electron chi connectivity index (χ3n) is 3.77. The molecule has 2 aromatic heterocycles. The Morgan fingerprint density at radius 2 is 1.96 bits per heavy atom. The van der Waals surface area contributed by atoms with Crippen molar-refractivity contribution in [1.29, 1.82) is 0 Å². The number of halogens is 1. The molecule has 0 aliphatic carbocycles. The van der Waals surface area contributed by atoms with Gasteiger partial charge in [-0.15, -0.1) is 0 Å². The average molecular weight is 390 g/mol. The Kier molecular flexibility index (Phi) is 5.36. The van der Waals surface area contributed by atoms with Crippen LogP contribution in [0, 0.1) is 0 Å². The van der Waals surface area contributed by atoms with E-state index in [1.54, 1.807) is 37.4 Å². The maximum absolute atomic E-state index is 12.8. The highest BCUT2D eigenvalue weighted by Crippen LogP contribution is 2.28. The molecule has 3 rings (SSSR count). The van der Waals surface area contributed by atoms with Crippen LogP contribution in [0.25, 0.3) is 11.3 Å². The molecule has 0 amide bonds. The van der Waals surface area contributed by atoms with Crippen LogP contribution in [0.2, 0.25) is 0 Å². The fraction of sp³-hybridized carbons (Fsp3) is 0.235. The SMILES string of the molecule is Cn1cc(N(c2nccc(-c3ccc(N)cc3)n2)S(=O)(=O)CCCF)cn1. The molecule has 2 N–H and O–H groups in total. The lowest BCUT2D eigenvalue weighted by atomic mass is 10.1. The summed E-state index contributed by atoms with van der Waals surface area (Å²) in [5.41, 5.74) is 7.90. The van der Waals surface area contributed by atoms with Gasteiger partial charge in [-0.25, -0.2) is 22.7 Å². The Morgan fingerprint density at radius 3 is 2.59 bits per heavy atom. The second-order valence-corrected chi connectivity index (χ2v) is 7.80. The highest BCUT2D eigenvalue weighted by atomic mass is 32.2. The lowest BCUT2D eigenvalue weighted by molar-refractivity contribution is 0.484. The minimum absolute atomic E-state index is 0.0313. The third kappa shape index (κ3) is 4.22. The van der Waals surface area contributed by atoms with Gasteiger partial charge in [0, 0.05) is 30.7 Å². The summed E-state index contributed by atoms with van der Waals surface area (Å²) in [6.45, 7) is -0.730. The lowest BCUT2D eigenvalue weighted by Crippen LogP contribution is -2.30. The first-order valence-corrected chi connectivity index (χ1v) is 9.78. The number of nitrogens with zero attached hydrogens (tertiary/aromatic N) is 5. The minimum Gasteiger partial charge on any atom is -0.399 e. The van der Waals surface area contributed by atoms with Gasteiger partial charge < -0.3 is 5.73 Å². The first-order chi connectivity index (χ1) is 12.9. The molecule has 0 saturated carbocycles. The fourth-order valence-corrected chi connectivity index (χ4v) is 3.91. The van der Waals surface area contributed by atoms with Crippen molar-refractivity contribution < 1.29 is 12.8 Å². The van der Waals surface area contributed by atoms with E-state index in [1.165, 1.54) is 23.3 Å². The van der Waals surface area contributed by atoms with E-state index in [1.807, 2.05) is 0 Å². The van der Waals surface area contributed by atoms with Gasteiger partial charge in [0.2, 0.25) is 16.0 Å². The number of alkyl halides is 1. The monoisotopic (exact) mass is 390 g/mol. The van der Waals surface area contributed by atoms with Crippen LogP contribution in [-0.2, 0) is 17.1 Å². The van der Waals surface area contributed by atoms with Crippen LogP contribution in [-0.4, -0.2) is 40.6 Å². The van der Waals surface area contributed by atoms with Gasteiger partial charge in [0.15, 0.2) is 0 Å². The zero-order valence-electron chi connectivity index (χ0n) is 14.7. The standard InChI is InChI=1S/C17H19FN6O2S/c1-23-12-15(11-21-23)24(27(25,26)10-2-8-18)17-20-9-7-16(22-17)13-3-5-14(19)6-4-13/h3-7,9,11-12H,2,8,10,19H2,1H3. The second kappa shape index (κ2) is 7.70. The van der Waals surface area contributed by atoms with Gasteiger partial charge in [-0.3, -0.25) is 9.07 Å². The smallest absolute Gasteiger partial charge is 0.244 e. The number of hydrogen-bond donors (Lipinski definition) is 1. The molecule has 10 heteroatoms. The summed E-state index contributed by atoms with van der Waals surface area (Å²) in [5.74, 6) is -0.399. The Hall–Kier alpha value is -3.01. The van der Waals surface area contributed by atoms with Gasteiger partial charge in [-0.1, -0.05) is 12.1 Å². The summed E-state index contributed by atoms with van der Waals surface area (Å²) in [6, 6.07) is 8.70. The Bertz CT molecular complexity index is 1020. The van der Waals surface area contributed by atoms with Crippen molar-refractivity contribution in [2.75, 3.05) is 22.5 Å². The molecule has 142 valence electrons. The summed E-state index contributed by atoms with van der Waals surface area (Å²) in [4.78, 5) is 8.52. The average Bonchev–Trinajstić information content (AvgIpc) is 3.06.